The summed E-state index contributed by atoms with van der Waals surface area (Å²) in [6, 6.07) is 7.52. The highest BCUT2D eigenvalue weighted by Crippen LogP contribution is 2.19. The summed E-state index contributed by atoms with van der Waals surface area (Å²) in [4.78, 5) is 16.7. The van der Waals surface area contributed by atoms with Gasteiger partial charge in [-0.1, -0.05) is 35.4 Å². The second kappa shape index (κ2) is 8.15. The predicted octanol–water partition coefficient (Wildman–Crippen LogP) is 4.25. The summed E-state index contributed by atoms with van der Waals surface area (Å²) in [5.41, 5.74) is 2.43. The minimum absolute atomic E-state index is 0.0925. The van der Waals surface area contributed by atoms with E-state index in [0.29, 0.717) is 17.4 Å². The molecule has 0 spiro atoms. The maximum absolute atomic E-state index is 12.5. The van der Waals surface area contributed by atoms with Crippen LogP contribution in [0.4, 0.5) is 5.82 Å². The molecule has 0 radical (unpaired) electrons. The summed E-state index contributed by atoms with van der Waals surface area (Å²) >= 11 is 5.90. The Morgan fingerprint density at radius 1 is 1.21 bits per heavy atom. The van der Waals surface area contributed by atoms with Crippen LogP contribution >= 0.6 is 11.6 Å². The van der Waals surface area contributed by atoms with Gasteiger partial charge in [0.1, 0.15) is 0 Å². The molecule has 0 aliphatic heterocycles. The van der Waals surface area contributed by atoms with Gasteiger partial charge in [0.05, 0.1) is 6.54 Å². The highest BCUT2D eigenvalue weighted by atomic mass is 35.5. The van der Waals surface area contributed by atoms with Crippen molar-refractivity contribution in [2.45, 2.75) is 38.6 Å². The molecule has 0 fully saturated rings. The van der Waals surface area contributed by atoms with Gasteiger partial charge in [-0.3, -0.25) is 4.79 Å². The van der Waals surface area contributed by atoms with E-state index in [-0.39, 0.29) is 5.56 Å². The van der Waals surface area contributed by atoms with E-state index in [4.69, 9.17) is 11.6 Å². The molecule has 1 aliphatic carbocycles. The van der Waals surface area contributed by atoms with E-state index in [2.05, 4.69) is 16.4 Å². The van der Waals surface area contributed by atoms with Gasteiger partial charge < -0.3 is 9.88 Å². The van der Waals surface area contributed by atoms with Gasteiger partial charge in [0.25, 0.3) is 5.56 Å². The molecule has 2 aromatic rings. The third kappa shape index (κ3) is 4.48. The van der Waals surface area contributed by atoms with Gasteiger partial charge in [-0.05, 0) is 49.8 Å². The Kier molecular flexibility index (Phi) is 5.70. The summed E-state index contributed by atoms with van der Waals surface area (Å²) in [5, 5.41) is 3.88. The van der Waals surface area contributed by atoms with Crippen molar-refractivity contribution in [2.75, 3.05) is 11.9 Å². The molecule has 126 valence electrons. The van der Waals surface area contributed by atoms with E-state index in [1.54, 1.807) is 17.0 Å². The lowest BCUT2D eigenvalue weighted by atomic mass is 9.97. The molecule has 0 amide bonds. The van der Waals surface area contributed by atoms with Crippen LogP contribution in [0.25, 0.3) is 0 Å². The Morgan fingerprint density at radius 3 is 2.79 bits per heavy atom. The molecule has 1 aliphatic rings. The van der Waals surface area contributed by atoms with Crippen LogP contribution in [0.15, 0.2) is 53.1 Å². The van der Waals surface area contributed by atoms with Crippen molar-refractivity contribution in [3.05, 3.63) is 69.2 Å². The van der Waals surface area contributed by atoms with Crippen LogP contribution in [-0.2, 0) is 6.54 Å². The molecule has 0 saturated carbocycles. The van der Waals surface area contributed by atoms with Crippen molar-refractivity contribution in [2.24, 2.45) is 0 Å². The van der Waals surface area contributed by atoms with E-state index in [0.717, 1.165) is 18.5 Å². The average molecular weight is 344 g/mol. The minimum atomic E-state index is -0.0925. The van der Waals surface area contributed by atoms with Crippen molar-refractivity contribution >= 4 is 17.4 Å². The Morgan fingerprint density at radius 2 is 2.04 bits per heavy atom. The summed E-state index contributed by atoms with van der Waals surface area (Å²) in [6.07, 6.45) is 11.6. The van der Waals surface area contributed by atoms with E-state index >= 15 is 0 Å². The SMILES string of the molecule is O=c1c(NCCC2=CCCCC2)nccn1Cc1ccc(Cl)cc1. The number of rotatable bonds is 6. The normalized spacial score (nSPS) is 14.3. The lowest BCUT2D eigenvalue weighted by Gasteiger charge is -2.13. The number of nitrogens with one attached hydrogen (secondary N) is 1. The first-order valence-corrected chi connectivity index (χ1v) is 8.82. The fourth-order valence-corrected chi connectivity index (χ4v) is 3.08. The van der Waals surface area contributed by atoms with Crippen molar-refractivity contribution < 1.29 is 0 Å². The Balaban J connectivity index is 1.63. The number of hydrogen-bond donors (Lipinski definition) is 1. The van der Waals surface area contributed by atoms with Gasteiger partial charge in [-0.15, -0.1) is 0 Å². The molecule has 0 unspecified atom stereocenters. The highest BCUT2D eigenvalue weighted by molar-refractivity contribution is 6.30. The largest absolute Gasteiger partial charge is 0.365 e. The molecule has 1 aromatic carbocycles. The molecule has 0 atom stereocenters. The van der Waals surface area contributed by atoms with Crippen LogP contribution in [0.2, 0.25) is 5.02 Å². The molecule has 1 aromatic heterocycles. The Labute approximate surface area is 147 Å². The summed E-state index contributed by atoms with van der Waals surface area (Å²) < 4.78 is 1.67. The van der Waals surface area contributed by atoms with Crippen LogP contribution < -0.4 is 10.9 Å². The maximum Gasteiger partial charge on any atom is 0.293 e. The van der Waals surface area contributed by atoms with Crippen molar-refractivity contribution in [1.82, 2.24) is 9.55 Å². The zero-order valence-corrected chi connectivity index (χ0v) is 14.4. The fraction of sp³-hybridized carbons (Fsp3) is 0.368. The summed E-state index contributed by atoms with van der Waals surface area (Å²) in [6.45, 7) is 1.26. The second-order valence-corrected chi connectivity index (χ2v) is 6.56. The lowest BCUT2D eigenvalue weighted by molar-refractivity contribution is 0.678. The van der Waals surface area contributed by atoms with E-state index in [9.17, 15) is 4.79 Å². The molecular formula is C19H22ClN3O. The molecule has 1 heterocycles. The van der Waals surface area contributed by atoms with Gasteiger partial charge in [0.2, 0.25) is 0 Å². The van der Waals surface area contributed by atoms with Gasteiger partial charge in [0.15, 0.2) is 5.82 Å². The van der Waals surface area contributed by atoms with Gasteiger partial charge in [-0.2, -0.15) is 0 Å². The van der Waals surface area contributed by atoms with E-state index in [1.807, 2.05) is 24.3 Å². The van der Waals surface area contributed by atoms with Crippen molar-refractivity contribution in [3.8, 4) is 0 Å². The lowest BCUT2D eigenvalue weighted by Crippen LogP contribution is -2.25. The van der Waals surface area contributed by atoms with Gasteiger partial charge in [0, 0.05) is 24.0 Å². The van der Waals surface area contributed by atoms with Crippen LogP contribution in [-0.4, -0.2) is 16.1 Å². The third-order valence-electron chi connectivity index (χ3n) is 4.30. The Hall–Kier alpha value is -2.07. The molecule has 4 nitrogen and oxygen atoms in total. The number of allylic oxidation sites excluding steroid dienone is 1. The number of nitrogens with zero attached hydrogens (tertiary/aromatic N) is 2. The first-order chi connectivity index (χ1) is 11.7. The number of aromatic nitrogens is 2. The number of anilines is 1. The first kappa shape index (κ1) is 16.8. The van der Waals surface area contributed by atoms with Gasteiger partial charge in [-0.25, -0.2) is 4.98 Å². The summed E-state index contributed by atoms with van der Waals surface area (Å²) in [5.74, 6) is 0.419. The topological polar surface area (TPSA) is 46.9 Å². The molecule has 5 heteroatoms. The third-order valence-corrected chi connectivity index (χ3v) is 4.56. The summed E-state index contributed by atoms with van der Waals surface area (Å²) in [7, 11) is 0. The number of halogens is 1. The number of hydrogen-bond acceptors (Lipinski definition) is 3. The number of benzene rings is 1. The van der Waals surface area contributed by atoms with Crippen LogP contribution in [0.1, 0.15) is 37.7 Å². The molecule has 3 rings (SSSR count). The zero-order valence-electron chi connectivity index (χ0n) is 13.7. The first-order valence-electron chi connectivity index (χ1n) is 8.44. The van der Waals surface area contributed by atoms with Gasteiger partial charge >= 0.3 is 0 Å². The van der Waals surface area contributed by atoms with E-state index in [1.165, 1.54) is 31.3 Å². The fourth-order valence-electron chi connectivity index (χ4n) is 2.95. The molecular weight excluding hydrogens is 322 g/mol. The second-order valence-electron chi connectivity index (χ2n) is 6.12. The predicted molar refractivity (Wildman–Crippen MR) is 98.7 cm³/mol. The molecule has 0 saturated heterocycles. The molecule has 1 N–H and O–H groups in total. The van der Waals surface area contributed by atoms with Crippen molar-refractivity contribution in [1.29, 1.82) is 0 Å². The average Bonchev–Trinajstić information content (AvgIpc) is 2.61. The monoisotopic (exact) mass is 343 g/mol. The smallest absolute Gasteiger partial charge is 0.293 e. The molecule has 0 bridgehead atoms. The standard InChI is InChI=1S/C19H22ClN3O/c20-17-8-6-16(7-9-17)14-23-13-12-22-18(19(23)24)21-11-10-15-4-2-1-3-5-15/h4,6-9,12-13H,1-3,5,10-11,14H2,(H,21,22). The van der Waals surface area contributed by atoms with Crippen LogP contribution in [0, 0.1) is 0 Å². The maximum atomic E-state index is 12.5. The Bertz CT molecular complexity index is 765. The van der Waals surface area contributed by atoms with Crippen LogP contribution in [0.5, 0.6) is 0 Å². The van der Waals surface area contributed by atoms with Crippen LogP contribution in [0.3, 0.4) is 0 Å². The quantitative estimate of drug-likeness (QED) is 0.798. The van der Waals surface area contributed by atoms with E-state index < -0.39 is 0 Å². The zero-order chi connectivity index (χ0) is 16.8. The van der Waals surface area contributed by atoms with Crippen molar-refractivity contribution in [3.63, 3.8) is 0 Å². The minimum Gasteiger partial charge on any atom is -0.365 e. The highest BCUT2D eigenvalue weighted by Gasteiger charge is 2.07. The molecule has 24 heavy (non-hydrogen) atoms.